The number of fused-ring (bicyclic) bond motifs is 1. The molecule has 37 heavy (non-hydrogen) atoms. The lowest BCUT2D eigenvalue weighted by atomic mass is 10.1. The van der Waals surface area contributed by atoms with Crippen molar-refractivity contribution in [1.29, 1.82) is 0 Å². The molecule has 10 heteroatoms. The predicted octanol–water partition coefficient (Wildman–Crippen LogP) is 5.93. The third kappa shape index (κ3) is 7.87. The summed E-state index contributed by atoms with van der Waals surface area (Å²) >= 11 is 5.50. The smallest absolute Gasteiger partial charge is 0.331 e. The molecule has 0 amide bonds. The van der Waals surface area contributed by atoms with E-state index >= 15 is 0 Å². The van der Waals surface area contributed by atoms with E-state index in [9.17, 15) is 13.6 Å². The van der Waals surface area contributed by atoms with Gasteiger partial charge in [0.25, 0.3) is 0 Å². The first-order chi connectivity index (χ1) is 17.1. The summed E-state index contributed by atoms with van der Waals surface area (Å²) in [6.45, 7) is 11.1. The number of esters is 1. The van der Waals surface area contributed by atoms with Crippen LogP contribution in [0.15, 0.2) is 36.4 Å². The number of carbonyl (C=O) groups is 1. The van der Waals surface area contributed by atoms with E-state index in [4.69, 9.17) is 26.4 Å². The van der Waals surface area contributed by atoms with Gasteiger partial charge >= 0.3 is 5.97 Å². The molecule has 0 saturated carbocycles. The number of anilines is 1. The topological polar surface area (TPSA) is 84.6 Å². The molecule has 0 aliphatic carbocycles. The number of aromatic amines is 1. The predicted molar refractivity (Wildman–Crippen MR) is 145 cm³/mol. The van der Waals surface area contributed by atoms with Crippen molar-refractivity contribution in [3.8, 4) is 17.0 Å². The fraction of sp³-hybridized carbons (Fsp3) is 0.407. The minimum absolute atomic E-state index is 0.0413. The number of methoxy groups -OCH3 is 1. The highest BCUT2D eigenvalue weighted by Crippen LogP contribution is 2.32. The van der Waals surface area contributed by atoms with E-state index in [1.54, 1.807) is 45.0 Å². The lowest BCUT2D eigenvalue weighted by molar-refractivity contribution is -0.159. The van der Waals surface area contributed by atoms with Crippen molar-refractivity contribution in [3.05, 3.63) is 48.0 Å². The zero-order valence-electron chi connectivity index (χ0n) is 22.0. The van der Waals surface area contributed by atoms with Crippen molar-refractivity contribution < 1.29 is 27.8 Å². The Hall–Kier alpha value is -3.24. The zero-order valence-corrected chi connectivity index (χ0v) is 22.9. The lowest BCUT2D eigenvalue weighted by Crippen LogP contribution is -2.49. The van der Waals surface area contributed by atoms with Gasteiger partial charge in [-0.15, -0.1) is 0 Å². The minimum atomic E-state index is -0.926. The number of hydrogen-bond acceptors (Lipinski definition) is 5. The van der Waals surface area contributed by atoms with Crippen LogP contribution in [0, 0.1) is 11.6 Å². The number of aromatic nitrogens is 1. The number of H-pyrrole nitrogens is 1. The first-order valence-electron chi connectivity index (χ1n) is 11.8. The van der Waals surface area contributed by atoms with Crippen LogP contribution in [-0.4, -0.2) is 47.0 Å². The van der Waals surface area contributed by atoms with E-state index in [0.717, 1.165) is 17.7 Å². The molecule has 0 fully saturated rings. The fourth-order valence-corrected chi connectivity index (χ4v) is 3.70. The number of carbonyl (C=O) groups excluding carboxylic acids is 1. The number of halogens is 2. The molecule has 200 valence electrons. The van der Waals surface area contributed by atoms with Gasteiger partial charge in [0.1, 0.15) is 17.4 Å². The third-order valence-electron chi connectivity index (χ3n) is 5.10. The molecule has 0 aliphatic rings. The highest BCUT2D eigenvalue weighted by molar-refractivity contribution is 7.80. The maximum Gasteiger partial charge on any atom is 0.331 e. The SMILES string of the molecule is COc1ccc(-c2cc3cc(F)c(F)cc3[nH]2)cc1NC(=S)N[C@@H](COC(C)(C)C)C(=O)OC(C)(C)C. The number of nitrogens with one attached hydrogen (secondary N) is 3. The standard InChI is InChI=1S/C27H33F2N3O4S/c1-26(2,3)35-14-22(24(33)36-27(4,5)6)32-25(37)31-21-11-15(8-9-23(21)34-7)19-12-16-10-17(28)18(29)13-20(16)30-19/h8-13,22,30H,14H2,1-7H3,(H2,31,32,37)/t22-/m0/s1. The molecule has 3 N–H and O–H groups in total. The largest absolute Gasteiger partial charge is 0.495 e. The zero-order chi connectivity index (χ0) is 27.5. The van der Waals surface area contributed by atoms with Crippen LogP contribution in [0.25, 0.3) is 22.2 Å². The van der Waals surface area contributed by atoms with Crippen molar-refractivity contribution in [2.75, 3.05) is 19.0 Å². The Bertz CT molecular complexity index is 1260. The van der Waals surface area contributed by atoms with Gasteiger partial charge in [-0.2, -0.15) is 0 Å². The van der Waals surface area contributed by atoms with E-state index in [1.807, 2.05) is 20.8 Å². The number of hydrogen-bond donors (Lipinski definition) is 3. The molecule has 2 aromatic carbocycles. The average molecular weight is 534 g/mol. The van der Waals surface area contributed by atoms with E-state index in [2.05, 4.69) is 15.6 Å². The van der Waals surface area contributed by atoms with Crippen LogP contribution in [0.1, 0.15) is 41.5 Å². The van der Waals surface area contributed by atoms with Crippen molar-refractivity contribution in [2.24, 2.45) is 0 Å². The summed E-state index contributed by atoms with van der Waals surface area (Å²) in [6.07, 6.45) is 0. The van der Waals surface area contributed by atoms with Gasteiger partial charge < -0.3 is 29.8 Å². The van der Waals surface area contributed by atoms with Gasteiger partial charge in [-0.05, 0) is 84.1 Å². The van der Waals surface area contributed by atoms with E-state index in [1.165, 1.54) is 7.11 Å². The van der Waals surface area contributed by atoms with Crippen LogP contribution < -0.4 is 15.4 Å². The molecule has 3 rings (SSSR count). The maximum atomic E-state index is 13.7. The van der Waals surface area contributed by atoms with Gasteiger partial charge in [0.2, 0.25) is 0 Å². The highest BCUT2D eigenvalue weighted by Gasteiger charge is 2.28. The molecule has 0 bridgehead atoms. The minimum Gasteiger partial charge on any atom is -0.495 e. The summed E-state index contributed by atoms with van der Waals surface area (Å²) in [7, 11) is 1.52. The summed E-state index contributed by atoms with van der Waals surface area (Å²) in [4.78, 5) is 15.9. The summed E-state index contributed by atoms with van der Waals surface area (Å²) in [5.41, 5.74) is 1.21. The Labute approximate surface area is 220 Å². The number of benzene rings is 2. The molecule has 7 nitrogen and oxygen atoms in total. The molecule has 0 aliphatic heterocycles. The Morgan fingerprint density at radius 2 is 1.70 bits per heavy atom. The van der Waals surface area contributed by atoms with E-state index < -0.39 is 34.8 Å². The third-order valence-corrected chi connectivity index (χ3v) is 5.32. The summed E-state index contributed by atoms with van der Waals surface area (Å²) in [6, 6.07) is 8.45. The Morgan fingerprint density at radius 1 is 1.03 bits per heavy atom. The highest BCUT2D eigenvalue weighted by atomic mass is 32.1. The van der Waals surface area contributed by atoms with Gasteiger partial charge in [-0.1, -0.05) is 0 Å². The lowest BCUT2D eigenvalue weighted by Gasteiger charge is -2.28. The first-order valence-corrected chi connectivity index (χ1v) is 12.2. The van der Waals surface area contributed by atoms with Crippen molar-refractivity contribution >= 4 is 39.9 Å². The van der Waals surface area contributed by atoms with Crippen LogP contribution >= 0.6 is 12.2 Å². The molecule has 3 aromatic rings. The number of thiocarbonyl (C=S) groups is 1. The molecule has 1 heterocycles. The molecule has 0 radical (unpaired) electrons. The summed E-state index contributed by atoms with van der Waals surface area (Å²) in [5.74, 6) is -1.84. The average Bonchev–Trinajstić information content (AvgIpc) is 3.17. The second-order valence-electron chi connectivity index (χ2n) is 10.6. The van der Waals surface area contributed by atoms with Crippen molar-refractivity contribution in [3.63, 3.8) is 0 Å². The van der Waals surface area contributed by atoms with E-state index in [-0.39, 0.29) is 11.7 Å². The van der Waals surface area contributed by atoms with E-state index in [0.29, 0.717) is 28.0 Å². The maximum absolute atomic E-state index is 13.7. The Kier molecular flexibility index (Phi) is 8.44. The second-order valence-corrected chi connectivity index (χ2v) is 11.0. The summed E-state index contributed by atoms with van der Waals surface area (Å²) in [5, 5.41) is 6.74. The van der Waals surface area contributed by atoms with Gasteiger partial charge in [0.15, 0.2) is 16.7 Å². The molecule has 0 unspecified atom stereocenters. The Morgan fingerprint density at radius 3 is 2.32 bits per heavy atom. The van der Waals surface area contributed by atoms with Crippen LogP contribution in [0.3, 0.4) is 0 Å². The Balaban J connectivity index is 1.83. The molecule has 1 aromatic heterocycles. The van der Waals surface area contributed by atoms with Gasteiger partial charge in [-0.3, -0.25) is 0 Å². The van der Waals surface area contributed by atoms with Crippen LogP contribution in [0.4, 0.5) is 14.5 Å². The van der Waals surface area contributed by atoms with Crippen LogP contribution in [0.2, 0.25) is 0 Å². The van der Waals surface area contributed by atoms with Crippen molar-refractivity contribution in [1.82, 2.24) is 10.3 Å². The quantitative estimate of drug-likeness (QED) is 0.256. The van der Waals surface area contributed by atoms with Gasteiger partial charge in [0.05, 0.1) is 25.0 Å². The van der Waals surface area contributed by atoms with Crippen LogP contribution in [0.5, 0.6) is 5.75 Å². The number of rotatable bonds is 7. The fourth-order valence-electron chi connectivity index (χ4n) is 3.45. The van der Waals surface area contributed by atoms with Crippen LogP contribution in [-0.2, 0) is 14.3 Å². The molecule has 0 spiro atoms. The monoisotopic (exact) mass is 533 g/mol. The molecule has 1 atom stereocenters. The van der Waals surface area contributed by atoms with Gasteiger partial charge in [0, 0.05) is 28.2 Å². The molecular formula is C27H33F2N3O4S. The number of ether oxygens (including phenoxy) is 3. The second kappa shape index (κ2) is 11.0. The molecular weight excluding hydrogens is 500 g/mol. The van der Waals surface area contributed by atoms with Crippen molar-refractivity contribution in [2.45, 2.75) is 58.8 Å². The normalized spacial score (nSPS) is 12.8. The first kappa shape index (κ1) is 28.3. The summed E-state index contributed by atoms with van der Waals surface area (Å²) < 4.78 is 44.1. The van der Waals surface area contributed by atoms with Gasteiger partial charge in [-0.25, -0.2) is 13.6 Å². The molecule has 0 saturated heterocycles.